The van der Waals surface area contributed by atoms with Crippen LogP contribution in [0.3, 0.4) is 0 Å². The molecule has 1 aromatic carbocycles. The van der Waals surface area contributed by atoms with Crippen molar-refractivity contribution in [3.05, 3.63) is 24.3 Å². The number of carbonyl (C=O) groups is 1. The normalized spacial score (nSPS) is 15.3. The minimum absolute atomic E-state index is 0.0427. The van der Waals surface area contributed by atoms with Crippen molar-refractivity contribution < 1.29 is 4.79 Å². The quantitative estimate of drug-likeness (QED) is 0.845. The molecule has 0 radical (unpaired) electrons. The van der Waals surface area contributed by atoms with E-state index in [0.29, 0.717) is 0 Å². The van der Waals surface area contributed by atoms with Crippen molar-refractivity contribution in [3.8, 4) is 6.07 Å². The van der Waals surface area contributed by atoms with Crippen molar-refractivity contribution >= 4 is 39.2 Å². The van der Waals surface area contributed by atoms with E-state index in [4.69, 9.17) is 0 Å². The molecule has 0 saturated carbocycles. The fourth-order valence-electron chi connectivity index (χ4n) is 1.77. The third kappa shape index (κ3) is 3.60. The summed E-state index contributed by atoms with van der Waals surface area (Å²) in [4.78, 5) is 16.9. The Morgan fingerprint density at radius 3 is 2.68 bits per heavy atom. The fourth-order valence-corrected chi connectivity index (χ4v) is 3.98. The van der Waals surface area contributed by atoms with Crippen LogP contribution in [0.15, 0.2) is 28.6 Å². The Kier molecular flexibility index (Phi) is 5.09. The summed E-state index contributed by atoms with van der Waals surface area (Å²) >= 11 is 3.01. The van der Waals surface area contributed by atoms with Gasteiger partial charge in [0.2, 0.25) is 5.91 Å². The molecule has 0 unspecified atom stereocenters. The van der Waals surface area contributed by atoms with Gasteiger partial charge in [0.15, 0.2) is 4.34 Å². The number of carbonyl (C=O) groups excluding carboxylic acids is 1. The largest absolute Gasteiger partial charge is 0.337 e. The van der Waals surface area contributed by atoms with Crippen LogP contribution >= 0.6 is 23.1 Å². The van der Waals surface area contributed by atoms with E-state index in [9.17, 15) is 10.1 Å². The van der Waals surface area contributed by atoms with Crippen molar-refractivity contribution in [2.45, 2.75) is 42.8 Å². The van der Waals surface area contributed by atoms with Crippen LogP contribution in [0.5, 0.6) is 0 Å². The molecule has 22 heavy (non-hydrogen) atoms. The van der Waals surface area contributed by atoms with Crippen LogP contribution < -0.4 is 5.32 Å². The molecule has 2 rings (SSSR count). The summed E-state index contributed by atoms with van der Waals surface area (Å²) < 4.78 is 1.98. The van der Waals surface area contributed by atoms with Crippen LogP contribution in [-0.4, -0.2) is 21.7 Å². The molecule has 1 aromatic heterocycles. The molecule has 0 bridgehead atoms. The Labute approximate surface area is 138 Å². The number of hydrogen-bond donors (Lipinski definition) is 1. The average molecular weight is 333 g/mol. The van der Waals surface area contributed by atoms with Gasteiger partial charge in [0.25, 0.3) is 0 Å². The lowest BCUT2D eigenvalue weighted by molar-refractivity contribution is -0.121. The van der Waals surface area contributed by atoms with Gasteiger partial charge in [-0.2, -0.15) is 5.26 Å². The van der Waals surface area contributed by atoms with Gasteiger partial charge in [-0.25, -0.2) is 4.98 Å². The molecule has 1 heterocycles. The molecule has 0 spiro atoms. The summed E-state index contributed by atoms with van der Waals surface area (Å²) in [5.74, 6) is -0.0943. The van der Waals surface area contributed by atoms with Crippen LogP contribution in [0.1, 0.15) is 27.7 Å². The summed E-state index contributed by atoms with van der Waals surface area (Å²) in [5.41, 5.74) is 0.103. The predicted octanol–water partition coefficient (Wildman–Crippen LogP) is 3.83. The highest BCUT2D eigenvalue weighted by Gasteiger charge is 2.32. The van der Waals surface area contributed by atoms with E-state index in [1.54, 1.807) is 18.3 Å². The van der Waals surface area contributed by atoms with Crippen molar-refractivity contribution in [1.29, 1.82) is 5.26 Å². The van der Waals surface area contributed by atoms with Gasteiger partial charge in [-0.15, -0.1) is 11.3 Å². The van der Waals surface area contributed by atoms with Crippen LogP contribution in [0.25, 0.3) is 10.2 Å². The second kappa shape index (κ2) is 6.67. The predicted molar refractivity (Wildman–Crippen MR) is 91.9 cm³/mol. The molecule has 116 valence electrons. The minimum Gasteiger partial charge on any atom is -0.337 e. The van der Waals surface area contributed by atoms with Crippen LogP contribution in [0, 0.1) is 17.2 Å². The van der Waals surface area contributed by atoms with Crippen molar-refractivity contribution in [2.24, 2.45) is 5.92 Å². The zero-order valence-corrected chi connectivity index (χ0v) is 14.7. The zero-order valence-electron chi connectivity index (χ0n) is 13.1. The summed E-state index contributed by atoms with van der Waals surface area (Å²) in [6.07, 6.45) is 0. The number of fused-ring (bicyclic) bond motifs is 1. The van der Waals surface area contributed by atoms with E-state index >= 15 is 0 Å². The Hall–Kier alpha value is -1.58. The number of benzene rings is 1. The number of nitrogens with zero attached hydrogens (tertiary/aromatic N) is 2. The number of thioether (sulfide) groups is 1. The number of nitriles is 1. The van der Waals surface area contributed by atoms with E-state index in [2.05, 4.69) is 16.4 Å². The van der Waals surface area contributed by atoms with Crippen molar-refractivity contribution in [2.75, 3.05) is 0 Å². The lowest BCUT2D eigenvalue weighted by Gasteiger charge is -2.28. The number of rotatable bonds is 5. The summed E-state index contributed by atoms with van der Waals surface area (Å²) in [5, 5.41) is 11.8. The SMILES string of the molecule is CC(C)[C@@](C)(C#N)NC(=O)[C@@H](C)Sc1nc2ccccc2s1. The van der Waals surface area contributed by atoms with Gasteiger partial charge in [0.1, 0.15) is 5.54 Å². The maximum absolute atomic E-state index is 12.3. The molecule has 1 N–H and O–H groups in total. The van der Waals surface area contributed by atoms with E-state index in [0.717, 1.165) is 14.6 Å². The van der Waals surface area contributed by atoms with Crippen LogP contribution in [-0.2, 0) is 4.79 Å². The molecule has 0 saturated heterocycles. The molecule has 4 nitrogen and oxygen atoms in total. The molecule has 0 aliphatic heterocycles. The topological polar surface area (TPSA) is 65.8 Å². The Balaban J connectivity index is 2.07. The van der Waals surface area contributed by atoms with Gasteiger partial charge in [-0.3, -0.25) is 4.79 Å². The van der Waals surface area contributed by atoms with Crippen molar-refractivity contribution in [3.63, 3.8) is 0 Å². The second-order valence-electron chi connectivity index (χ2n) is 5.67. The van der Waals surface area contributed by atoms with E-state index in [-0.39, 0.29) is 17.1 Å². The smallest absolute Gasteiger partial charge is 0.234 e. The highest BCUT2D eigenvalue weighted by Crippen LogP contribution is 2.32. The lowest BCUT2D eigenvalue weighted by Crippen LogP contribution is -2.51. The van der Waals surface area contributed by atoms with Gasteiger partial charge in [-0.05, 0) is 31.9 Å². The van der Waals surface area contributed by atoms with Gasteiger partial charge >= 0.3 is 0 Å². The van der Waals surface area contributed by atoms with Crippen LogP contribution in [0.2, 0.25) is 0 Å². The van der Waals surface area contributed by atoms with Gasteiger partial charge < -0.3 is 5.32 Å². The molecule has 6 heteroatoms. The number of para-hydroxylation sites is 1. The summed E-state index contributed by atoms with van der Waals surface area (Å²) in [6, 6.07) is 10.1. The first-order valence-electron chi connectivity index (χ1n) is 7.11. The third-order valence-electron chi connectivity index (χ3n) is 3.69. The number of amides is 1. The van der Waals surface area contributed by atoms with Gasteiger partial charge in [0, 0.05) is 0 Å². The molecule has 2 atom stereocenters. The number of aromatic nitrogens is 1. The highest BCUT2D eigenvalue weighted by molar-refractivity contribution is 8.02. The molecule has 2 aromatic rings. The first-order valence-corrected chi connectivity index (χ1v) is 8.81. The molecule has 0 aliphatic rings. The summed E-state index contributed by atoms with van der Waals surface area (Å²) in [6.45, 7) is 7.44. The van der Waals surface area contributed by atoms with E-state index in [1.165, 1.54) is 11.8 Å². The second-order valence-corrected chi connectivity index (χ2v) is 8.28. The Bertz CT molecular complexity index is 686. The molecular weight excluding hydrogens is 314 g/mol. The molecule has 0 aliphatic carbocycles. The Morgan fingerprint density at radius 2 is 2.09 bits per heavy atom. The monoisotopic (exact) mass is 333 g/mol. The Morgan fingerprint density at radius 1 is 1.41 bits per heavy atom. The van der Waals surface area contributed by atoms with E-state index in [1.807, 2.05) is 45.0 Å². The zero-order chi connectivity index (χ0) is 16.3. The number of thiazole rings is 1. The molecule has 1 amide bonds. The maximum Gasteiger partial charge on any atom is 0.234 e. The highest BCUT2D eigenvalue weighted by atomic mass is 32.2. The lowest BCUT2D eigenvalue weighted by atomic mass is 9.90. The first-order chi connectivity index (χ1) is 10.4. The van der Waals surface area contributed by atoms with Crippen molar-refractivity contribution in [1.82, 2.24) is 10.3 Å². The third-order valence-corrected chi connectivity index (χ3v) is 5.92. The van der Waals surface area contributed by atoms with Gasteiger partial charge in [-0.1, -0.05) is 37.7 Å². The minimum atomic E-state index is -0.848. The maximum atomic E-state index is 12.3. The van der Waals surface area contributed by atoms with Crippen LogP contribution in [0.4, 0.5) is 0 Å². The first kappa shape index (κ1) is 16.8. The fraction of sp³-hybridized carbons (Fsp3) is 0.438. The molecule has 0 fully saturated rings. The standard InChI is InChI=1S/C16H19N3OS2/c1-10(2)16(4,9-17)19-14(20)11(3)21-15-18-12-7-5-6-8-13(12)22-15/h5-8,10-11H,1-4H3,(H,19,20)/t11-,16-/m1/s1. The average Bonchev–Trinajstić information content (AvgIpc) is 2.88. The molecular formula is C16H19N3OS2. The number of hydrogen-bond acceptors (Lipinski definition) is 5. The summed E-state index contributed by atoms with van der Waals surface area (Å²) in [7, 11) is 0. The van der Waals surface area contributed by atoms with Gasteiger partial charge in [0.05, 0.1) is 21.5 Å². The van der Waals surface area contributed by atoms with E-state index < -0.39 is 5.54 Å². The number of nitrogens with one attached hydrogen (secondary N) is 1.